The molecule has 0 aliphatic rings. The molecule has 0 radical (unpaired) electrons. The Balaban J connectivity index is 1.95. The second-order valence-corrected chi connectivity index (χ2v) is 9.80. The molecule has 2 rings (SSSR count). The molecule has 2 aromatic carbocycles. The summed E-state index contributed by atoms with van der Waals surface area (Å²) < 4.78 is 26.8. The largest absolute Gasteiger partial charge is 0.355 e. The highest BCUT2D eigenvalue weighted by Crippen LogP contribution is 2.22. The Bertz CT molecular complexity index is 835. The van der Waals surface area contributed by atoms with E-state index in [2.05, 4.69) is 5.32 Å². The van der Waals surface area contributed by atoms with E-state index in [1.54, 1.807) is 31.3 Å². The zero-order valence-corrected chi connectivity index (χ0v) is 17.5. The Labute approximate surface area is 166 Å². The molecule has 5 nitrogen and oxygen atoms in total. The van der Waals surface area contributed by atoms with Gasteiger partial charge in [-0.05, 0) is 35.7 Å². The SMILES string of the molecule is CC(C)CNC(=O)CSc1ccc(S(=O)(=O)N(C)Cc2ccccc2)cc1. The van der Waals surface area contributed by atoms with Gasteiger partial charge in [0.15, 0.2) is 0 Å². The third-order valence-corrected chi connectivity index (χ3v) is 6.69. The van der Waals surface area contributed by atoms with Crippen LogP contribution in [0, 0.1) is 5.92 Å². The molecule has 0 atom stereocenters. The molecule has 146 valence electrons. The topological polar surface area (TPSA) is 66.5 Å². The van der Waals surface area contributed by atoms with Crippen molar-refractivity contribution >= 4 is 27.7 Å². The van der Waals surface area contributed by atoms with E-state index in [0.717, 1.165) is 10.5 Å². The van der Waals surface area contributed by atoms with Gasteiger partial charge < -0.3 is 5.32 Å². The molecule has 0 saturated carbocycles. The summed E-state index contributed by atoms with van der Waals surface area (Å²) in [4.78, 5) is 12.9. The van der Waals surface area contributed by atoms with Gasteiger partial charge in [-0.15, -0.1) is 11.8 Å². The zero-order chi connectivity index (χ0) is 19.9. The molecule has 1 N–H and O–H groups in total. The van der Waals surface area contributed by atoms with Crippen LogP contribution in [0.25, 0.3) is 0 Å². The van der Waals surface area contributed by atoms with Crippen LogP contribution in [0.4, 0.5) is 0 Å². The summed E-state index contributed by atoms with van der Waals surface area (Å²) in [6.45, 7) is 5.06. The highest BCUT2D eigenvalue weighted by molar-refractivity contribution is 8.00. The minimum atomic E-state index is -3.56. The lowest BCUT2D eigenvalue weighted by molar-refractivity contribution is -0.118. The lowest BCUT2D eigenvalue weighted by Gasteiger charge is -2.17. The standard InChI is InChI=1S/C20H26N2O3S2/c1-16(2)13-21-20(23)15-26-18-9-11-19(12-10-18)27(24,25)22(3)14-17-7-5-4-6-8-17/h4-12,16H,13-15H2,1-3H3,(H,21,23). The van der Waals surface area contributed by atoms with Crippen molar-refractivity contribution in [2.24, 2.45) is 5.92 Å². The van der Waals surface area contributed by atoms with Crippen LogP contribution in [-0.4, -0.2) is 38.0 Å². The number of sulfonamides is 1. The predicted molar refractivity (Wildman–Crippen MR) is 110 cm³/mol. The maximum Gasteiger partial charge on any atom is 0.243 e. The number of rotatable bonds is 9. The molecule has 2 aromatic rings. The highest BCUT2D eigenvalue weighted by atomic mass is 32.2. The first-order chi connectivity index (χ1) is 12.8. The summed E-state index contributed by atoms with van der Waals surface area (Å²) in [6, 6.07) is 16.1. The molecule has 27 heavy (non-hydrogen) atoms. The molecule has 0 unspecified atom stereocenters. The van der Waals surface area contributed by atoms with Crippen LogP contribution < -0.4 is 5.32 Å². The van der Waals surface area contributed by atoms with Crippen LogP contribution in [0.15, 0.2) is 64.4 Å². The fraction of sp³-hybridized carbons (Fsp3) is 0.350. The lowest BCUT2D eigenvalue weighted by Crippen LogP contribution is -2.28. The van der Waals surface area contributed by atoms with Gasteiger partial charge in [0.25, 0.3) is 0 Å². The zero-order valence-electron chi connectivity index (χ0n) is 15.9. The predicted octanol–water partition coefficient (Wildman–Crippen LogP) is 3.37. The van der Waals surface area contributed by atoms with Crippen molar-refractivity contribution < 1.29 is 13.2 Å². The molecule has 1 amide bonds. The number of benzene rings is 2. The van der Waals surface area contributed by atoms with Crippen molar-refractivity contribution in [3.05, 3.63) is 60.2 Å². The third kappa shape index (κ3) is 6.68. The molecule has 0 spiro atoms. The lowest BCUT2D eigenvalue weighted by atomic mass is 10.2. The average molecular weight is 407 g/mol. The maximum atomic E-state index is 12.7. The van der Waals surface area contributed by atoms with Crippen LogP contribution in [0.1, 0.15) is 19.4 Å². The van der Waals surface area contributed by atoms with Gasteiger partial charge in [0.05, 0.1) is 10.6 Å². The van der Waals surface area contributed by atoms with Crippen LogP contribution in [0.5, 0.6) is 0 Å². The maximum absolute atomic E-state index is 12.7. The molecule has 0 aromatic heterocycles. The van der Waals surface area contributed by atoms with Crippen molar-refractivity contribution in [3.8, 4) is 0 Å². The van der Waals surface area contributed by atoms with Gasteiger partial charge in [0.1, 0.15) is 0 Å². The van der Waals surface area contributed by atoms with E-state index in [1.165, 1.54) is 16.1 Å². The van der Waals surface area contributed by atoms with Crippen molar-refractivity contribution in [1.29, 1.82) is 0 Å². The first kappa shape index (κ1) is 21.5. The Morgan fingerprint density at radius 2 is 1.70 bits per heavy atom. The van der Waals surface area contributed by atoms with E-state index in [-0.39, 0.29) is 10.8 Å². The summed E-state index contributed by atoms with van der Waals surface area (Å²) in [7, 11) is -1.99. The molecular formula is C20H26N2O3S2. The Kier molecular flexibility index (Phi) is 7.89. The number of thioether (sulfide) groups is 1. The summed E-state index contributed by atoms with van der Waals surface area (Å²) in [5.74, 6) is 0.705. The number of carbonyl (C=O) groups is 1. The molecule has 7 heteroatoms. The monoisotopic (exact) mass is 406 g/mol. The van der Waals surface area contributed by atoms with Crippen molar-refractivity contribution in [2.75, 3.05) is 19.3 Å². The molecule has 0 heterocycles. The second-order valence-electron chi connectivity index (χ2n) is 6.70. The smallest absolute Gasteiger partial charge is 0.243 e. The summed E-state index contributed by atoms with van der Waals surface area (Å²) in [6.07, 6.45) is 0. The second kappa shape index (κ2) is 9.92. The van der Waals surface area contributed by atoms with E-state index >= 15 is 0 Å². The Morgan fingerprint density at radius 1 is 1.07 bits per heavy atom. The minimum Gasteiger partial charge on any atom is -0.355 e. The van der Waals surface area contributed by atoms with Crippen molar-refractivity contribution in [2.45, 2.75) is 30.2 Å². The molecule has 0 bridgehead atoms. The number of nitrogens with zero attached hydrogens (tertiary/aromatic N) is 1. The van der Waals surface area contributed by atoms with E-state index in [0.29, 0.717) is 24.8 Å². The quantitative estimate of drug-likeness (QED) is 0.649. The summed E-state index contributed by atoms with van der Waals surface area (Å²) >= 11 is 1.39. The minimum absolute atomic E-state index is 0.0204. The van der Waals surface area contributed by atoms with Gasteiger partial charge in [-0.3, -0.25) is 4.79 Å². The number of nitrogens with one attached hydrogen (secondary N) is 1. The first-order valence-corrected chi connectivity index (χ1v) is 11.2. The van der Waals surface area contributed by atoms with Crippen LogP contribution in [-0.2, 0) is 21.4 Å². The van der Waals surface area contributed by atoms with Gasteiger partial charge in [0.2, 0.25) is 15.9 Å². The third-order valence-electron chi connectivity index (χ3n) is 3.86. The molecule has 0 fully saturated rings. The van der Waals surface area contributed by atoms with Gasteiger partial charge in [-0.1, -0.05) is 44.2 Å². The van der Waals surface area contributed by atoms with E-state index in [4.69, 9.17) is 0 Å². The highest BCUT2D eigenvalue weighted by Gasteiger charge is 2.20. The molecule has 0 saturated heterocycles. The van der Waals surface area contributed by atoms with E-state index in [9.17, 15) is 13.2 Å². The Morgan fingerprint density at radius 3 is 2.30 bits per heavy atom. The van der Waals surface area contributed by atoms with Gasteiger partial charge in [0, 0.05) is 25.0 Å². The van der Waals surface area contributed by atoms with Crippen LogP contribution in [0.2, 0.25) is 0 Å². The molecule has 0 aliphatic heterocycles. The average Bonchev–Trinajstić information content (AvgIpc) is 2.65. The number of amides is 1. The first-order valence-electron chi connectivity index (χ1n) is 8.79. The number of hydrogen-bond acceptors (Lipinski definition) is 4. The molecule has 0 aliphatic carbocycles. The van der Waals surface area contributed by atoms with Crippen LogP contribution >= 0.6 is 11.8 Å². The normalized spacial score (nSPS) is 11.7. The van der Waals surface area contributed by atoms with Gasteiger partial charge in [-0.2, -0.15) is 4.31 Å². The Hall–Kier alpha value is -1.83. The number of hydrogen-bond donors (Lipinski definition) is 1. The fourth-order valence-electron chi connectivity index (χ4n) is 2.33. The number of carbonyl (C=O) groups excluding carboxylic acids is 1. The van der Waals surface area contributed by atoms with Crippen molar-refractivity contribution in [3.63, 3.8) is 0 Å². The van der Waals surface area contributed by atoms with E-state index in [1.807, 2.05) is 44.2 Å². The van der Waals surface area contributed by atoms with E-state index < -0.39 is 10.0 Å². The summed E-state index contributed by atoms with van der Waals surface area (Å²) in [5.41, 5.74) is 0.933. The van der Waals surface area contributed by atoms with Gasteiger partial charge >= 0.3 is 0 Å². The summed E-state index contributed by atoms with van der Waals surface area (Å²) in [5, 5.41) is 2.86. The van der Waals surface area contributed by atoms with Crippen LogP contribution in [0.3, 0.4) is 0 Å². The van der Waals surface area contributed by atoms with Gasteiger partial charge in [-0.25, -0.2) is 8.42 Å². The van der Waals surface area contributed by atoms with Crippen molar-refractivity contribution in [1.82, 2.24) is 9.62 Å². The fourth-order valence-corrected chi connectivity index (χ4v) is 4.22. The molecular weight excluding hydrogens is 380 g/mol.